The van der Waals surface area contributed by atoms with E-state index < -0.39 is 5.91 Å². The van der Waals surface area contributed by atoms with Crippen molar-refractivity contribution in [1.29, 1.82) is 0 Å². The molecule has 1 saturated heterocycles. The standard InChI is InChI=1S/C11H9ClN2O2S2/c1-2-14-10(16)7(9(15)13-11(14)17)5-6-3-4-8(12)18-6/h3-5H,2H2,1H3,(H,13,15,17)/b7-5+. The molecule has 94 valence electrons. The van der Waals surface area contributed by atoms with Gasteiger partial charge in [-0.15, -0.1) is 11.3 Å². The molecule has 0 spiro atoms. The van der Waals surface area contributed by atoms with Gasteiger partial charge in [-0.05, 0) is 37.4 Å². The summed E-state index contributed by atoms with van der Waals surface area (Å²) in [6.45, 7) is 2.21. The SMILES string of the molecule is CCN1C(=O)/C(=C/c2ccc(Cl)s2)C(=O)NC1=S. The Morgan fingerprint density at radius 3 is 2.78 bits per heavy atom. The third-order valence-electron chi connectivity index (χ3n) is 2.38. The van der Waals surface area contributed by atoms with Gasteiger partial charge in [0.2, 0.25) is 0 Å². The Hall–Kier alpha value is -1.24. The molecule has 1 aliphatic rings. The number of nitrogens with one attached hydrogen (secondary N) is 1. The molecule has 0 aromatic carbocycles. The normalized spacial score (nSPS) is 18.4. The lowest BCUT2D eigenvalue weighted by atomic mass is 10.1. The Balaban J connectivity index is 2.37. The van der Waals surface area contributed by atoms with Crippen molar-refractivity contribution >= 4 is 58.2 Å². The maximum Gasteiger partial charge on any atom is 0.265 e. The van der Waals surface area contributed by atoms with Crippen LogP contribution in [0.4, 0.5) is 0 Å². The predicted molar refractivity (Wildman–Crippen MR) is 75.4 cm³/mol. The zero-order chi connectivity index (χ0) is 13.3. The topological polar surface area (TPSA) is 49.4 Å². The van der Waals surface area contributed by atoms with Crippen LogP contribution in [0.25, 0.3) is 6.08 Å². The van der Waals surface area contributed by atoms with Crippen LogP contribution in [0.1, 0.15) is 11.8 Å². The number of hydrogen-bond acceptors (Lipinski definition) is 4. The fraction of sp³-hybridized carbons (Fsp3) is 0.182. The van der Waals surface area contributed by atoms with Crippen LogP contribution in [0, 0.1) is 0 Å². The lowest BCUT2D eigenvalue weighted by molar-refractivity contribution is -0.128. The fourth-order valence-electron chi connectivity index (χ4n) is 1.53. The summed E-state index contributed by atoms with van der Waals surface area (Å²) in [5, 5.41) is 2.64. The second-order valence-electron chi connectivity index (χ2n) is 3.51. The minimum Gasteiger partial charge on any atom is -0.298 e. The van der Waals surface area contributed by atoms with Gasteiger partial charge >= 0.3 is 0 Å². The van der Waals surface area contributed by atoms with Gasteiger partial charge in [0.1, 0.15) is 5.57 Å². The molecule has 0 aliphatic carbocycles. The van der Waals surface area contributed by atoms with Crippen molar-refractivity contribution in [2.75, 3.05) is 6.54 Å². The highest BCUT2D eigenvalue weighted by atomic mass is 35.5. The third kappa shape index (κ3) is 2.45. The van der Waals surface area contributed by atoms with Gasteiger partial charge < -0.3 is 0 Å². The first kappa shape index (κ1) is 13.2. The minimum atomic E-state index is -0.473. The van der Waals surface area contributed by atoms with Gasteiger partial charge in [-0.1, -0.05) is 11.6 Å². The van der Waals surface area contributed by atoms with Crippen LogP contribution >= 0.6 is 35.2 Å². The molecule has 2 rings (SSSR count). The molecule has 0 bridgehead atoms. The summed E-state index contributed by atoms with van der Waals surface area (Å²) < 4.78 is 0.605. The Kier molecular flexibility index (Phi) is 3.79. The molecule has 0 unspecified atom stereocenters. The van der Waals surface area contributed by atoms with Crippen molar-refractivity contribution in [1.82, 2.24) is 10.2 Å². The molecule has 1 fully saturated rings. The van der Waals surface area contributed by atoms with E-state index in [1.807, 2.05) is 0 Å². The summed E-state index contributed by atoms with van der Waals surface area (Å²) in [4.78, 5) is 25.9. The van der Waals surface area contributed by atoms with Gasteiger partial charge in [0, 0.05) is 11.4 Å². The number of carbonyl (C=O) groups excluding carboxylic acids is 2. The first-order valence-electron chi connectivity index (χ1n) is 5.17. The highest BCUT2D eigenvalue weighted by Gasteiger charge is 2.32. The Morgan fingerprint density at radius 1 is 1.50 bits per heavy atom. The molecule has 2 amide bonds. The Morgan fingerprint density at radius 2 is 2.22 bits per heavy atom. The largest absolute Gasteiger partial charge is 0.298 e. The molecule has 1 aromatic rings. The summed E-state index contributed by atoms with van der Waals surface area (Å²) in [5.74, 6) is -0.852. The van der Waals surface area contributed by atoms with Crippen molar-refractivity contribution < 1.29 is 9.59 Å². The van der Waals surface area contributed by atoms with E-state index >= 15 is 0 Å². The second-order valence-corrected chi connectivity index (χ2v) is 5.64. The first-order chi connectivity index (χ1) is 8.52. The molecular weight excluding hydrogens is 292 g/mol. The molecule has 2 heterocycles. The van der Waals surface area contributed by atoms with Crippen molar-refractivity contribution in [3.63, 3.8) is 0 Å². The van der Waals surface area contributed by atoms with Crippen molar-refractivity contribution in [3.8, 4) is 0 Å². The highest BCUT2D eigenvalue weighted by Crippen LogP contribution is 2.24. The maximum absolute atomic E-state index is 12.1. The van der Waals surface area contributed by atoms with Crippen LogP contribution in [0.3, 0.4) is 0 Å². The van der Waals surface area contributed by atoms with Gasteiger partial charge in [0.25, 0.3) is 11.8 Å². The Labute approximate surface area is 118 Å². The molecular formula is C11H9ClN2O2S2. The first-order valence-corrected chi connectivity index (χ1v) is 6.77. The van der Waals surface area contributed by atoms with Gasteiger partial charge in [-0.3, -0.25) is 19.8 Å². The molecule has 1 N–H and O–H groups in total. The van der Waals surface area contributed by atoms with Crippen LogP contribution in [0.5, 0.6) is 0 Å². The van der Waals surface area contributed by atoms with E-state index in [0.717, 1.165) is 4.88 Å². The van der Waals surface area contributed by atoms with E-state index in [-0.39, 0.29) is 16.6 Å². The van der Waals surface area contributed by atoms with E-state index in [4.69, 9.17) is 23.8 Å². The summed E-state index contributed by atoms with van der Waals surface area (Å²) in [7, 11) is 0. The van der Waals surface area contributed by atoms with Crippen LogP contribution in [-0.4, -0.2) is 28.4 Å². The van der Waals surface area contributed by atoms with Gasteiger partial charge in [0.15, 0.2) is 5.11 Å². The summed E-state index contributed by atoms with van der Waals surface area (Å²) >= 11 is 12.0. The van der Waals surface area contributed by atoms with Crippen LogP contribution in [0.15, 0.2) is 17.7 Å². The van der Waals surface area contributed by atoms with Crippen LogP contribution in [0.2, 0.25) is 4.34 Å². The quantitative estimate of drug-likeness (QED) is 0.517. The molecule has 0 saturated carbocycles. The monoisotopic (exact) mass is 300 g/mol. The molecule has 7 heteroatoms. The average Bonchev–Trinajstić information content (AvgIpc) is 2.70. The fourth-order valence-corrected chi connectivity index (χ4v) is 2.84. The van der Waals surface area contributed by atoms with E-state index in [2.05, 4.69) is 5.32 Å². The number of rotatable bonds is 2. The number of nitrogens with zero attached hydrogens (tertiary/aromatic N) is 1. The number of carbonyl (C=O) groups is 2. The number of thiocarbonyl (C=S) groups is 1. The predicted octanol–water partition coefficient (Wildman–Crippen LogP) is 2.05. The molecule has 1 aromatic heterocycles. The number of hydrogen-bond donors (Lipinski definition) is 1. The minimum absolute atomic E-state index is 0.0731. The summed E-state index contributed by atoms with van der Waals surface area (Å²) in [6, 6.07) is 3.47. The summed E-state index contributed by atoms with van der Waals surface area (Å²) in [5.41, 5.74) is 0.0731. The molecule has 18 heavy (non-hydrogen) atoms. The molecule has 0 atom stereocenters. The Bertz CT molecular complexity index is 565. The second kappa shape index (κ2) is 5.17. The number of likely N-dealkylation sites (N-methyl/N-ethyl adjacent to an activating group) is 1. The van der Waals surface area contributed by atoms with Gasteiger partial charge in [-0.25, -0.2) is 0 Å². The number of amides is 2. The lowest BCUT2D eigenvalue weighted by Gasteiger charge is -2.27. The zero-order valence-corrected chi connectivity index (χ0v) is 11.8. The van der Waals surface area contributed by atoms with Crippen LogP contribution in [-0.2, 0) is 9.59 Å². The zero-order valence-electron chi connectivity index (χ0n) is 9.40. The smallest absolute Gasteiger partial charge is 0.265 e. The molecule has 0 radical (unpaired) electrons. The number of halogens is 1. The van der Waals surface area contributed by atoms with E-state index in [9.17, 15) is 9.59 Å². The van der Waals surface area contributed by atoms with Crippen molar-refractivity contribution in [3.05, 3.63) is 26.9 Å². The van der Waals surface area contributed by atoms with Crippen molar-refractivity contribution in [2.24, 2.45) is 0 Å². The third-order valence-corrected chi connectivity index (χ3v) is 3.88. The van der Waals surface area contributed by atoms with Gasteiger partial charge in [0.05, 0.1) is 4.34 Å². The highest BCUT2D eigenvalue weighted by molar-refractivity contribution is 7.80. The average molecular weight is 301 g/mol. The molecule has 1 aliphatic heterocycles. The van der Waals surface area contributed by atoms with Crippen molar-refractivity contribution in [2.45, 2.75) is 6.92 Å². The lowest BCUT2D eigenvalue weighted by Crippen LogP contribution is -2.53. The summed E-state index contributed by atoms with van der Waals surface area (Å²) in [6.07, 6.45) is 1.53. The van der Waals surface area contributed by atoms with E-state index in [1.165, 1.54) is 22.3 Å². The van der Waals surface area contributed by atoms with Gasteiger partial charge in [-0.2, -0.15) is 0 Å². The van der Waals surface area contributed by atoms with Crippen LogP contribution < -0.4 is 5.32 Å². The van der Waals surface area contributed by atoms with E-state index in [0.29, 0.717) is 10.9 Å². The van der Waals surface area contributed by atoms with E-state index in [1.54, 1.807) is 19.1 Å². The number of thiophene rings is 1. The molecule has 4 nitrogen and oxygen atoms in total. The maximum atomic E-state index is 12.1.